The van der Waals surface area contributed by atoms with Crippen LogP contribution >= 0.6 is 23.2 Å². The van der Waals surface area contributed by atoms with Gasteiger partial charge in [-0.15, -0.1) is 0 Å². The third-order valence-electron chi connectivity index (χ3n) is 3.39. The molecule has 1 saturated heterocycles. The lowest BCUT2D eigenvalue weighted by atomic mass is 10.1. The molecular formula is C14H16Cl2N2O3. The molecule has 0 radical (unpaired) electrons. The number of aliphatic hydroxyl groups excluding tert-OH is 1. The molecule has 2 N–H and O–H groups in total. The van der Waals surface area contributed by atoms with Crippen molar-refractivity contribution in [3.05, 3.63) is 33.8 Å². The second-order valence-electron chi connectivity index (χ2n) is 4.80. The van der Waals surface area contributed by atoms with E-state index in [0.29, 0.717) is 28.6 Å². The molecule has 114 valence electrons. The maximum absolute atomic E-state index is 12.6. The summed E-state index contributed by atoms with van der Waals surface area (Å²) in [5.41, 5.74) is 0.297. The van der Waals surface area contributed by atoms with E-state index in [0.717, 1.165) is 6.42 Å². The van der Waals surface area contributed by atoms with Gasteiger partial charge in [0.25, 0.3) is 5.91 Å². The summed E-state index contributed by atoms with van der Waals surface area (Å²) in [6, 6.07) is 4.15. The van der Waals surface area contributed by atoms with Crippen LogP contribution in [0.25, 0.3) is 0 Å². The zero-order chi connectivity index (χ0) is 15.4. The van der Waals surface area contributed by atoms with E-state index in [2.05, 4.69) is 5.32 Å². The predicted molar refractivity (Wildman–Crippen MR) is 80.6 cm³/mol. The topological polar surface area (TPSA) is 69.6 Å². The van der Waals surface area contributed by atoms with E-state index in [9.17, 15) is 9.59 Å². The highest BCUT2D eigenvalue weighted by Crippen LogP contribution is 2.26. The van der Waals surface area contributed by atoms with Gasteiger partial charge in [-0.1, -0.05) is 23.2 Å². The van der Waals surface area contributed by atoms with Gasteiger partial charge in [-0.05, 0) is 31.0 Å². The largest absolute Gasteiger partial charge is 0.395 e. The Bertz CT molecular complexity index is 551. The molecule has 0 spiro atoms. The number of rotatable bonds is 4. The van der Waals surface area contributed by atoms with Crippen molar-refractivity contribution >= 4 is 35.0 Å². The Hall–Kier alpha value is -1.30. The Morgan fingerprint density at radius 1 is 1.38 bits per heavy atom. The first-order chi connectivity index (χ1) is 10.0. The highest BCUT2D eigenvalue weighted by Gasteiger charge is 2.35. The van der Waals surface area contributed by atoms with E-state index in [4.69, 9.17) is 28.3 Å². The van der Waals surface area contributed by atoms with Crippen LogP contribution in [0.4, 0.5) is 0 Å². The third kappa shape index (κ3) is 3.67. The molecule has 1 heterocycles. The highest BCUT2D eigenvalue weighted by atomic mass is 35.5. The summed E-state index contributed by atoms with van der Waals surface area (Å²) in [5, 5.41) is 12.1. The normalized spacial score (nSPS) is 17.9. The maximum Gasteiger partial charge on any atom is 0.256 e. The van der Waals surface area contributed by atoms with Gasteiger partial charge in [-0.3, -0.25) is 9.59 Å². The standard InChI is InChI=1S/C14H16Cl2N2O3/c15-9-3-4-11(16)10(8-9)14(21)18-6-1-2-12(18)13(20)17-5-7-19/h3-4,8,12,19H,1-2,5-7H2,(H,17,20). The summed E-state index contributed by atoms with van der Waals surface area (Å²) < 4.78 is 0. The van der Waals surface area contributed by atoms with Crippen LogP contribution in [0.2, 0.25) is 10.0 Å². The summed E-state index contributed by atoms with van der Waals surface area (Å²) in [5.74, 6) is -0.558. The number of hydrogen-bond donors (Lipinski definition) is 2. The van der Waals surface area contributed by atoms with Crippen LogP contribution in [0.15, 0.2) is 18.2 Å². The van der Waals surface area contributed by atoms with Crippen molar-refractivity contribution in [3.63, 3.8) is 0 Å². The lowest BCUT2D eigenvalue weighted by Crippen LogP contribution is -2.46. The zero-order valence-electron chi connectivity index (χ0n) is 11.3. The number of hydrogen-bond acceptors (Lipinski definition) is 3. The maximum atomic E-state index is 12.6. The van der Waals surface area contributed by atoms with Gasteiger partial charge in [-0.25, -0.2) is 0 Å². The minimum atomic E-state index is -0.529. The molecule has 21 heavy (non-hydrogen) atoms. The van der Waals surface area contributed by atoms with Crippen LogP contribution in [-0.2, 0) is 4.79 Å². The van der Waals surface area contributed by atoms with E-state index in [1.54, 1.807) is 12.1 Å². The average Bonchev–Trinajstić information content (AvgIpc) is 2.96. The smallest absolute Gasteiger partial charge is 0.256 e. The molecule has 1 aromatic carbocycles. The van der Waals surface area contributed by atoms with Gasteiger partial charge in [0, 0.05) is 18.1 Å². The van der Waals surface area contributed by atoms with Crippen LogP contribution in [0.1, 0.15) is 23.2 Å². The fraction of sp³-hybridized carbons (Fsp3) is 0.429. The fourth-order valence-electron chi connectivity index (χ4n) is 2.40. The van der Waals surface area contributed by atoms with Crippen molar-refractivity contribution in [2.45, 2.75) is 18.9 Å². The Balaban J connectivity index is 2.17. The minimum absolute atomic E-state index is 0.132. The molecule has 7 heteroatoms. The van der Waals surface area contributed by atoms with Crippen molar-refractivity contribution in [1.29, 1.82) is 0 Å². The number of aliphatic hydroxyl groups is 1. The lowest BCUT2D eigenvalue weighted by molar-refractivity contribution is -0.125. The van der Waals surface area contributed by atoms with Gasteiger partial charge in [0.1, 0.15) is 6.04 Å². The number of amides is 2. The fourth-order valence-corrected chi connectivity index (χ4v) is 2.77. The number of likely N-dealkylation sites (tertiary alicyclic amines) is 1. The van der Waals surface area contributed by atoms with Crippen LogP contribution in [0, 0.1) is 0 Å². The summed E-state index contributed by atoms with van der Waals surface area (Å²) in [7, 11) is 0. The van der Waals surface area contributed by atoms with Gasteiger partial charge >= 0.3 is 0 Å². The molecular weight excluding hydrogens is 315 g/mol. The molecule has 5 nitrogen and oxygen atoms in total. The molecule has 2 amide bonds. The molecule has 1 aromatic rings. The van der Waals surface area contributed by atoms with E-state index in [1.165, 1.54) is 11.0 Å². The minimum Gasteiger partial charge on any atom is -0.395 e. The van der Waals surface area contributed by atoms with Gasteiger partial charge in [0.2, 0.25) is 5.91 Å². The second-order valence-corrected chi connectivity index (χ2v) is 5.64. The Kier molecular flexibility index (Phi) is 5.45. The van der Waals surface area contributed by atoms with Crippen molar-refractivity contribution < 1.29 is 14.7 Å². The molecule has 0 aliphatic carbocycles. The summed E-state index contributed by atoms with van der Waals surface area (Å²) in [6.07, 6.45) is 1.35. The number of carbonyl (C=O) groups excluding carboxylic acids is 2. The zero-order valence-corrected chi connectivity index (χ0v) is 12.8. The van der Waals surface area contributed by atoms with Crippen molar-refractivity contribution in [1.82, 2.24) is 10.2 Å². The van der Waals surface area contributed by atoms with Gasteiger partial charge in [0.05, 0.1) is 17.2 Å². The predicted octanol–water partition coefficient (Wildman–Crippen LogP) is 1.71. The summed E-state index contributed by atoms with van der Waals surface area (Å²) in [4.78, 5) is 26.1. The first-order valence-corrected chi connectivity index (χ1v) is 7.44. The lowest BCUT2D eigenvalue weighted by Gasteiger charge is -2.24. The van der Waals surface area contributed by atoms with Gasteiger partial charge in [0.15, 0.2) is 0 Å². The van der Waals surface area contributed by atoms with E-state index in [-0.39, 0.29) is 25.0 Å². The monoisotopic (exact) mass is 330 g/mol. The molecule has 0 bridgehead atoms. The Morgan fingerprint density at radius 3 is 2.86 bits per heavy atom. The van der Waals surface area contributed by atoms with Crippen LogP contribution in [-0.4, -0.2) is 47.6 Å². The van der Waals surface area contributed by atoms with Crippen molar-refractivity contribution in [2.75, 3.05) is 19.7 Å². The molecule has 1 unspecified atom stereocenters. The molecule has 1 aliphatic rings. The van der Waals surface area contributed by atoms with Crippen LogP contribution < -0.4 is 5.32 Å². The molecule has 1 fully saturated rings. The summed E-state index contributed by atoms with van der Waals surface area (Å²) >= 11 is 11.9. The number of benzene rings is 1. The van der Waals surface area contributed by atoms with Crippen LogP contribution in [0.3, 0.4) is 0 Å². The van der Waals surface area contributed by atoms with Crippen molar-refractivity contribution in [2.24, 2.45) is 0 Å². The number of carbonyl (C=O) groups is 2. The van der Waals surface area contributed by atoms with E-state index in [1.807, 2.05) is 0 Å². The average molecular weight is 331 g/mol. The first kappa shape index (κ1) is 16.1. The van der Waals surface area contributed by atoms with Crippen molar-refractivity contribution in [3.8, 4) is 0 Å². The number of halogens is 2. The third-order valence-corrected chi connectivity index (χ3v) is 3.95. The Morgan fingerprint density at radius 2 is 2.14 bits per heavy atom. The Labute approximate surface area is 132 Å². The molecule has 1 atom stereocenters. The molecule has 0 saturated carbocycles. The van der Waals surface area contributed by atoms with Crippen LogP contribution in [0.5, 0.6) is 0 Å². The number of nitrogens with zero attached hydrogens (tertiary/aromatic N) is 1. The number of nitrogens with one attached hydrogen (secondary N) is 1. The highest BCUT2D eigenvalue weighted by molar-refractivity contribution is 6.35. The SMILES string of the molecule is O=C(NCCO)C1CCCN1C(=O)c1cc(Cl)ccc1Cl. The van der Waals surface area contributed by atoms with E-state index >= 15 is 0 Å². The van der Waals surface area contributed by atoms with E-state index < -0.39 is 6.04 Å². The second kappa shape index (κ2) is 7.11. The summed E-state index contributed by atoms with van der Waals surface area (Å²) in [6.45, 7) is 0.542. The van der Waals surface area contributed by atoms with Gasteiger partial charge < -0.3 is 15.3 Å². The first-order valence-electron chi connectivity index (χ1n) is 6.69. The molecule has 1 aliphatic heterocycles. The quantitative estimate of drug-likeness (QED) is 0.882. The molecule has 0 aromatic heterocycles. The molecule has 2 rings (SSSR count). The van der Waals surface area contributed by atoms with Gasteiger partial charge in [-0.2, -0.15) is 0 Å².